The molecule has 0 unspecified atom stereocenters. The van der Waals surface area contributed by atoms with E-state index in [1.54, 1.807) is 27.4 Å². The third-order valence-electron chi connectivity index (χ3n) is 4.59. The highest BCUT2D eigenvalue weighted by Crippen LogP contribution is 2.38. The summed E-state index contributed by atoms with van der Waals surface area (Å²) in [6.45, 7) is 0.702. The number of benzene rings is 3. The molecule has 0 saturated carbocycles. The van der Waals surface area contributed by atoms with Crippen LogP contribution in [0.5, 0.6) is 23.0 Å². The fourth-order valence-electron chi connectivity index (χ4n) is 3.02. The largest absolute Gasteiger partial charge is 0.493 e. The van der Waals surface area contributed by atoms with Crippen LogP contribution in [0.25, 0.3) is 0 Å². The maximum Gasteiger partial charge on any atom is 0.251 e. The Balaban J connectivity index is 1.64. The molecule has 3 aromatic rings. The topological polar surface area (TPSA) is 66.0 Å². The van der Waals surface area contributed by atoms with E-state index in [0.717, 1.165) is 20.4 Å². The number of carbonyl (C=O) groups is 1. The van der Waals surface area contributed by atoms with E-state index >= 15 is 0 Å². The van der Waals surface area contributed by atoms with Gasteiger partial charge in [0, 0.05) is 15.7 Å². The van der Waals surface area contributed by atoms with Gasteiger partial charge in [0.2, 0.25) is 5.75 Å². The normalized spacial score (nSPS) is 10.3. The molecular weight excluding hydrogens is 509 g/mol. The summed E-state index contributed by atoms with van der Waals surface area (Å²) in [5.74, 6) is 2.21. The van der Waals surface area contributed by atoms with Crippen LogP contribution >= 0.6 is 22.6 Å². The van der Waals surface area contributed by atoms with Crippen LogP contribution < -0.4 is 24.3 Å². The number of nitrogens with one attached hydrogen (secondary N) is 1. The maximum atomic E-state index is 12.7. The zero-order valence-electron chi connectivity index (χ0n) is 17.6. The van der Waals surface area contributed by atoms with Gasteiger partial charge in [-0.3, -0.25) is 4.79 Å². The van der Waals surface area contributed by atoms with E-state index in [0.29, 0.717) is 36.0 Å². The van der Waals surface area contributed by atoms with E-state index in [4.69, 9.17) is 18.9 Å². The number of carbonyl (C=O) groups excluding carboxylic acids is 1. The summed E-state index contributed by atoms with van der Waals surface area (Å²) in [6, 6.07) is 18.8. The van der Waals surface area contributed by atoms with E-state index < -0.39 is 0 Å². The van der Waals surface area contributed by atoms with Crippen molar-refractivity contribution in [2.75, 3.05) is 21.3 Å². The average Bonchev–Trinajstić information content (AvgIpc) is 2.81. The number of amides is 1. The summed E-state index contributed by atoms with van der Waals surface area (Å²) >= 11 is 2.25. The maximum absolute atomic E-state index is 12.7. The second kappa shape index (κ2) is 10.9. The zero-order chi connectivity index (χ0) is 22.2. The number of methoxy groups -OCH3 is 3. The van der Waals surface area contributed by atoms with Crippen molar-refractivity contribution in [3.63, 3.8) is 0 Å². The van der Waals surface area contributed by atoms with E-state index in [1.165, 1.54) is 0 Å². The molecule has 0 aromatic heterocycles. The Morgan fingerprint density at radius 1 is 0.871 bits per heavy atom. The summed E-state index contributed by atoms with van der Waals surface area (Å²) in [7, 11) is 4.67. The molecule has 0 saturated heterocycles. The zero-order valence-corrected chi connectivity index (χ0v) is 19.8. The molecular formula is C24H24INO5. The molecule has 7 heteroatoms. The predicted molar refractivity (Wildman–Crippen MR) is 127 cm³/mol. The van der Waals surface area contributed by atoms with Crippen LogP contribution in [0.1, 0.15) is 21.5 Å². The van der Waals surface area contributed by atoms with Gasteiger partial charge >= 0.3 is 0 Å². The molecule has 0 aliphatic carbocycles. The highest BCUT2D eigenvalue weighted by atomic mass is 127. The van der Waals surface area contributed by atoms with Crippen molar-refractivity contribution in [1.82, 2.24) is 5.32 Å². The Bertz CT molecular complexity index is 1010. The molecule has 6 nitrogen and oxygen atoms in total. The predicted octanol–water partition coefficient (Wildman–Crippen LogP) is 4.83. The van der Waals surface area contributed by atoms with Gasteiger partial charge in [-0.25, -0.2) is 0 Å². The van der Waals surface area contributed by atoms with Crippen molar-refractivity contribution < 1.29 is 23.7 Å². The molecule has 1 N–H and O–H groups in total. The minimum absolute atomic E-state index is 0.176. The van der Waals surface area contributed by atoms with Crippen molar-refractivity contribution in [2.24, 2.45) is 0 Å². The van der Waals surface area contributed by atoms with Gasteiger partial charge < -0.3 is 24.3 Å². The number of hydrogen-bond acceptors (Lipinski definition) is 5. The summed E-state index contributed by atoms with van der Waals surface area (Å²) < 4.78 is 23.0. The molecule has 3 aromatic carbocycles. The summed E-state index contributed by atoms with van der Waals surface area (Å²) in [4.78, 5) is 12.7. The average molecular weight is 533 g/mol. The van der Waals surface area contributed by atoms with Crippen molar-refractivity contribution in [3.8, 4) is 23.0 Å². The van der Waals surface area contributed by atoms with Crippen LogP contribution in [0.15, 0.2) is 60.7 Å². The van der Waals surface area contributed by atoms with Crippen LogP contribution in [0.3, 0.4) is 0 Å². The van der Waals surface area contributed by atoms with E-state index in [-0.39, 0.29) is 5.91 Å². The van der Waals surface area contributed by atoms with Crippen molar-refractivity contribution >= 4 is 28.5 Å². The van der Waals surface area contributed by atoms with Crippen LogP contribution in [0.2, 0.25) is 0 Å². The van der Waals surface area contributed by atoms with Gasteiger partial charge in [-0.15, -0.1) is 0 Å². The molecule has 0 atom stereocenters. The second-order valence-corrected chi connectivity index (χ2v) is 7.90. The first-order valence-corrected chi connectivity index (χ1v) is 10.7. The van der Waals surface area contributed by atoms with Crippen LogP contribution in [0, 0.1) is 3.57 Å². The molecule has 3 rings (SSSR count). The van der Waals surface area contributed by atoms with Gasteiger partial charge in [-0.2, -0.15) is 0 Å². The molecule has 0 aliphatic heterocycles. The molecule has 1 amide bonds. The summed E-state index contributed by atoms with van der Waals surface area (Å²) in [6.07, 6.45) is 0. The fraction of sp³-hybridized carbons (Fsp3) is 0.208. The summed E-state index contributed by atoms with van der Waals surface area (Å²) in [5.41, 5.74) is 2.32. The Kier molecular flexibility index (Phi) is 8.00. The highest BCUT2D eigenvalue weighted by Gasteiger charge is 2.14. The first kappa shape index (κ1) is 22.7. The Morgan fingerprint density at radius 2 is 1.55 bits per heavy atom. The lowest BCUT2D eigenvalue weighted by Gasteiger charge is -2.14. The standard InChI is InChI=1S/C24H24INO5/c1-28-21-12-17(13-22(29-2)23(21)30-3)14-26-24(27)18-6-4-5-16(11-18)15-31-20-9-7-19(25)8-10-20/h4-13H,14-15H2,1-3H3,(H,26,27). The fourth-order valence-corrected chi connectivity index (χ4v) is 3.38. The third kappa shape index (κ3) is 6.04. The van der Waals surface area contributed by atoms with Crippen LogP contribution in [-0.4, -0.2) is 27.2 Å². The van der Waals surface area contributed by atoms with Crippen molar-refractivity contribution in [3.05, 3.63) is 80.9 Å². The van der Waals surface area contributed by atoms with Crippen LogP contribution in [0.4, 0.5) is 0 Å². The minimum atomic E-state index is -0.176. The van der Waals surface area contributed by atoms with E-state index in [9.17, 15) is 4.79 Å². The molecule has 0 spiro atoms. The lowest BCUT2D eigenvalue weighted by Crippen LogP contribution is -2.23. The molecule has 0 radical (unpaired) electrons. The highest BCUT2D eigenvalue weighted by molar-refractivity contribution is 14.1. The van der Waals surface area contributed by atoms with E-state index in [2.05, 4.69) is 27.9 Å². The number of halogens is 1. The Hall–Kier alpha value is -2.94. The lowest BCUT2D eigenvalue weighted by molar-refractivity contribution is 0.0950. The molecule has 162 valence electrons. The SMILES string of the molecule is COc1cc(CNC(=O)c2cccc(COc3ccc(I)cc3)c2)cc(OC)c1OC. The molecule has 31 heavy (non-hydrogen) atoms. The number of rotatable bonds is 9. The molecule has 0 aliphatic rings. The van der Waals surface area contributed by atoms with Gasteiger partial charge in [0.15, 0.2) is 11.5 Å². The number of ether oxygens (including phenoxy) is 4. The quantitative estimate of drug-likeness (QED) is 0.400. The second-order valence-electron chi connectivity index (χ2n) is 6.66. The van der Waals surface area contributed by atoms with Gasteiger partial charge in [0.25, 0.3) is 5.91 Å². The van der Waals surface area contributed by atoms with E-state index in [1.807, 2.05) is 54.6 Å². The first-order chi connectivity index (χ1) is 15.0. The first-order valence-electron chi connectivity index (χ1n) is 9.58. The van der Waals surface area contributed by atoms with Gasteiger partial charge in [-0.05, 0) is 82.2 Å². The van der Waals surface area contributed by atoms with Gasteiger partial charge in [0.05, 0.1) is 21.3 Å². The Morgan fingerprint density at radius 3 is 2.16 bits per heavy atom. The molecule has 0 bridgehead atoms. The summed E-state index contributed by atoms with van der Waals surface area (Å²) in [5, 5.41) is 2.93. The third-order valence-corrected chi connectivity index (χ3v) is 5.31. The number of hydrogen-bond donors (Lipinski definition) is 1. The monoisotopic (exact) mass is 533 g/mol. The van der Waals surface area contributed by atoms with Crippen LogP contribution in [-0.2, 0) is 13.2 Å². The Labute approximate surface area is 195 Å². The lowest BCUT2D eigenvalue weighted by atomic mass is 10.1. The van der Waals surface area contributed by atoms with Crippen molar-refractivity contribution in [1.29, 1.82) is 0 Å². The molecule has 0 heterocycles. The smallest absolute Gasteiger partial charge is 0.251 e. The van der Waals surface area contributed by atoms with Gasteiger partial charge in [0.1, 0.15) is 12.4 Å². The van der Waals surface area contributed by atoms with Crippen molar-refractivity contribution in [2.45, 2.75) is 13.2 Å². The van der Waals surface area contributed by atoms with Gasteiger partial charge in [-0.1, -0.05) is 12.1 Å². The minimum Gasteiger partial charge on any atom is -0.493 e. The molecule has 0 fully saturated rings.